The van der Waals surface area contributed by atoms with Gasteiger partial charge in [0, 0.05) is 6.42 Å². The quantitative estimate of drug-likeness (QED) is 0.261. The van der Waals surface area contributed by atoms with E-state index in [9.17, 15) is 9.18 Å². The van der Waals surface area contributed by atoms with Crippen LogP contribution in [0.2, 0.25) is 0 Å². The number of cyclic esters (lactones) is 1. The summed E-state index contributed by atoms with van der Waals surface area (Å²) in [6.45, 7) is 4.40. The van der Waals surface area contributed by atoms with Crippen LogP contribution in [0.4, 0.5) is 4.39 Å². The van der Waals surface area contributed by atoms with Crippen molar-refractivity contribution in [3.8, 4) is 0 Å². The van der Waals surface area contributed by atoms with Gasteiger partial charge in [0.25, 0.3) is 0 Å². The minimum absolute atomic E-state index is 0.00212. The predicted octanol–water partition coefficient (Wildman–Crippen LogP) is 6.24. The van der Waals surface area contributed by atoms with Crippen molar-refractivity contribution in [2.75, 3.05) is 6.61 Å². The molecule has 3 nitrogen and oxygen atoms in total. The van der Waals surface area contributed by atoms with Gasteiger partial charge in [0.2, 0.25) is 0 Å². The van der Waals surface area contributed by atoms with E-state index in [0.717, 1.165) is 30.9 Å². The number of esters is 1. The van der Waals surface area contributed by atoms with E-state index in [1.807, 2.05) is 0 Å². The van der Waals surface area contributed by atoms with Crippen molar-refractivity contribution in [1.29, 1.82) is 0 Å². The lowest BCUT2D eigenvalue weighted by Crippen LogP contribution is -2.25. The van der Waals surface area contributed by atoms with Gasteiger partial charge in [0.15, 0.2) is 5.83 Å². The SMILES string of the molecule is CCCCCC1CCC(CCC2CC=C(/C(F)=C/OCC)C(=O)O2)CC1. The average Bonchev–Trinajstić information content (AvgIpc) is 2.65. The molecule has 0 amide bonds. The van der Waals surface area contributed by atoms with E-state index in [1.165, 1.54) is 51.4 Å². The number of hydrogen-bond acceptors (Lipinski definition) is 3. The zero-order chi connectivity index (χ0) is 18.8. The van der Waals surface area contributed by atoms with Gasteiger partial charge in [0.1, 0.15) is 12.4 Å². The van der Waals surface area contributed by atoms with Crippen molar-refractivity contribution in [3.63, 3.8) is 0 Å². The van der Waals surface area contributed by atoms with Crippen LogP contribution in [0, 0.1) is 11.8 Å². The van der Waals surface area contributed by atoms with E-state index in [0.29, 0.717) is 13.0 Å². The summed E-state index contributed by atoms with van der Waals surface area (Å²) in [4.78, 5) is 12.0. The van der Waals surface area contributed by atoms with Gasteiger partial charge in [-0.1, -0.05) is 64.4 Å². The topological polar surface area (TPSA) is 35.5 Å². The average molecular weight is 367 g/mol. The first-order valence-corrected chi connectivity index (χ1v) is 10.5. The lowest BCUT2D eigenvalue weighted by atomic mass is 9.77. The molecule has 1 fully saturated rings. The van der Waals surface area contributed by atoms with Crippen molar-refractivity contribution in [2.24, 2.45) is 11.8 Å². The summed E-state index contributed by atoms with van der Waals surface area (Å²) in [5.74, 6) is 0.484. The summed E-state index contributed by atoms with van der Waals surface area (Å²) in [6, 6.07) is 0. The van der Waals surface area contributed by atoms with Gasteiger partial charge >= 0.3 is 5.97 Å². The fourth-order valence-corrected chi connectivity index (χ4v) is 4.10. The Balaban J connectivity index is 1.68. The van der Waals surface area contributed by atoms with Gasteiger partial charge in [-0.2, -0.15) is 0 Å². The van der Waals surface area contributed by atoms with Crippen LogP contribution in [0.25, 0.3) is 0 Å². The molecule has 2 aliphatic rings. The Hall–Kier alpha value is -1.32. The van der Waals surface area contributed by atoms with Gasteiger partial charge in [-0.25, -0.2) is 9.18 Å². The van der Waals surface area contributed by atoms with Crippen molar-refractivity contribution in [3.05, 3.63) is 23.7 Å². The molecule has 2 rings (SSSR count). The smallest absolute Gasteiger partial charge is 0.341 e. The van der Waals surface area contributed by atoms with E-state index >= 15 is 0 Å². The summed E-state index contributed by atoms with van der Waals surface area (Å²) in [5, 5.41) is 0. The van der Waals surface area contributed by atoms with Gasteiger partial charge in [-0.05, 0) is 31.6 Å². The van der Waals surface area contributed by atoms with Crippen molar-refractivity contribution in [1.82, 2.24) is 0 Å². The maximum Gasteiger partial charge on any atom is 0.341 e. The van der Waals surface area contributed by atoms with E-state index in [-0.39, 0.29) is 11.7 Å². The Morgan fingerprint density at radius 3 is 2.46 bits per heavy atom. The van der Waals surface area contributed by atoms with E-state index in [1.54, 1.807) is 13.0 Å². The van der Waals surface area contributed by atoms with Gasteiger partial charge in [0.05, 0.1) is 12.2 Å². The second-order valence-electron chi connectivity index (χ2n) is 7.76. The highest BCUT2D eigenvalue weighted by Crippen LogP contribution is 2.35. The zero-order valence-electron chi connectivity index (χ0n) is 16.5. The molecule has 1 unspecified atom stereocenters. The summed E-state index contributed by atoms with van der Waals surface area (Å²) in [5.41, 5.74) is 0.00212. The standard InChI is InChI=1S/C22H35FO3/c1-3-5-6-7-17-8-10-18(11-9-17)12-13-19-14-15-20(22(24)26-19)21(23)16-25-4-2/h15-19H,3-14H2,1-2H3/b21-16-. The van der Waals surface area contributed by atoms with Crippen LogP contribution in [-0.2, 0) is 14.3 Å². The molecule has 1 aliphatic heterocycles. The first-order valence-electron chi connectivity index (χ1n) is 10.5. The fourth-order valence-electron chi connectivity index (χ4n) is 4.10. The first kappa shape index (κ1) is 21.0. The van der Waals surface area contributed by atoms with Gasteiger partial charge in [-0.15, -0.1) is 0 Å². The summed E-state index contributed by atoms with van der Waals surface area (Å²) >= 11 is 0. The second-order valence-corrected chi connectivity index (χ2v) is 7.76. The number of rotatable bonds is 10. The van der Waals surface area contributed by atoms with Crippen molar-refractivity contribution in [2.45, 2.75) is 90.6 Å². The highest BCUT2D eigenvalue weighted by molar-refractivity contribution is 5.93. The van der Waals surface area contributed by atoms with Crippen molar-refractivity contribution < 1.29 is 18.7 Å². The molecular weight excluding hydrogens is 331 g/mol. The summed E-state index contributed by atoms with van der Waals surface area (Å²) in [6.07, 6.45) is 15.9. The Morgan fingerprint density at radius 2 is 1.85 bits per heavy atom. The third-order valence-electron chi connectivity index (χ3n) is 5.77. The molecule has 1 atom stereocenters. The maximum absolute atomic E-state index is 13.8. The molecule has 0 aromatic carbocycles. The number of ether oxygens (including phenoxy) is 2. The fraction of sp³-hybridized carbons (Fsp3) is 0.773. The van der Waals surface area contributed by atoms with Crippen molar-refractivity contribution >= 4 is 5.97 Å². The number of hydrogen-bond donors (Lipinski definition) is 0. The molecule has 0 saturated heterocycles. The molecule has 0 N–H and O–H groups in total. The highest BCUT2D eigenvalue weighted by Gasteiger charge is 2.27. The molecule has 148 valence electrons. The molecule has 0 bridgehead atoms. The third kappa shape index (κ3) is 6.77. The van der Waals surface area contributed by atoms with Crippen LogP contribution < -0.4 is 0 Å². The molecule has 1 heterocycles. The summed E-state index contributed by atoms with van der Waals surface area (Å²) < 4.78 is 24.2. The minimum Gasteiger partial charge on any atom is -0.498 e. The van der Waals surface area contributed by atoms with Crippen LogP contribution in [0.3, 0.4) is 0 Å². The molecule has 0 aromatic heterocycles. The van der Waals surface area contributed by atoms with Gasteiger partial charge < -0.3 is 9.47 Å². The second kappa shape index (κ2) is 11.4. The third-order valence-corrected chi connectivity index (χ3v) is 5.77. The molecule has 0 aromatic rings. The Kier molecular flexibility index (Phi) is 9.21. The lowest BCUT2D eigenvalue weighted by molar-refractivity contribution is -0.145. The van der Waals surface area contributed by atoms with Crippen LogP contribution in [0.5, 0.6) is 0 Å². The number of unbranched alkanes of at least 4 members (excludes halogenated alkanes) is 2. The molecular formula is C22H35FO3. The monoisotopic (exact) mass is 366 g/mol. The normalized spacial score (nSPS) is 27.0. The molecule has 0 spiro atoms. The Morgan fingerprint density at radius 1 is 1.15 bits per heavy atom. The highest BCUT2D eigenvalue weighted by atomic mass is 19.1. The largest absolute Gasteiger partial charge is 0.498 e. The molecule has 0 radical (unpaired) electrons. The lowest BCUT2D eigenvalue weighted by Gasteiger charge is -2.30. The van der Waals surface area contributed by atoms with Crippen LogP contribution in [0.1, 0.15) is 84.5 Å². The molecule has 4 heteroatoms. The summed E-state index contributed by atoms with van der Waals surface area (Å²) in [7, 11) is 0. The van der Waals surface area contributed by atoms with Crippen LogP contribution in [0.15, 0.2) is 23.7 Å². The Bertz CT molecular complexity index is 490. The van der Waals surface area contributed by atoms with Crippen LogP contribution >= 0.6 is 0 Å². The number of carbonyl (C=O) groups is 1. The maximum atomic E-state index is 13.8. The van der Waals surface area contributed by atoms with E-state index in [4.69, 9.17) is 9.47 Å². The molecule has 1 aliphatic carbocycles. The first-order chi connectivity index (χ1) is 12.6. The Labute approximate surface area is 158 Å². The number of carbonyl (C=O) groups excluding carboxylic acids is 1. The van der Waals surface area contributed by atoms with E-state index in [2.05, 4.69) is 6.92 Å². The number of halogens is 1. The molecule has 26 heavy (non-hydrogen) atoms. The van der Waals surface area contributed by atoms with Crippen LogP contribution in [-0.4, -0.2) is 18.7 Å². The minimum atomic E-state index is -0.642. The zero-order valence-corrected chi connectivity index (χ0v) is 16.5. The molecule has 1 saturated carbocycles. The van der Waals surface area contributed by atoms with E-state index < -0.39 is 11.8 Å². The predicted molar refractivity (Wildman–Crippen MR) is 102 cm³/mol. The van der Waals surface area contributed by atoms with Gasteiger partial charge in [-0.3, -0.25) is 0 Å².